The highest BCUT2D eigenvalue weighted by molar-refractivity contribution is 5.85. The lowest BCUT2D eigenvalue weighted by Gasteiger charge is -2.19. The van der Waals surface area contributed by atoms with E-state index >= 15 is 0 Å². The van der Waals surface area contributed by atoms with Crippen LogP contribution in [0.5, 0.6) is 0 Å². The van der Waals surface area contributed by atoms with Gasteiger partial charge in [-0.2, -0.15) is 0 Å². The molecular formula is C17H32N2O3. The van der Waals surface area contributed by atoms with Crippen molar-refractivity contribution < 1.29 is 14.4 Å². The first-order chi connectivity index (χ1) is 10.4. The maximum Gasteiger partial charge on any atom is 0.407 e. The average molecular weight is 312 g/mol. The van der Waals surface area contributed by atoms with Crippen molar-refractivity contribution in [2.45, 2.75) is 90.8 Å². The third-order valence-electron chi connectivity index (χ3n) is 3.50. The molecule has 0 spiro atoms. The fourth-order valence-corrected chi connectivity index (χ4v) is 2.37. The van der Waals surface area contributed by atoms with Crippen LogP contribution >= 0.6 is 0 Å². The predicted octanol–water partition coefficient (Wildman–Crippen LogP) is 4.41. The molecule has 0 aromatic rings. The van der Waals surface area contributed by atoms with Crippen LogP contribution in [0, 0.1) is 0 Å². The normalized spacial score (nSPS) is 17.8. The van der Waals surface area contributed by atoms with E-state index in [1.54, 1.807) is 0 Å². The Morgan fingerprint density at radius 1 is 1.32 bits per heavy atom. The van der Waals surface area contributed by atoms with Crippen molar-refractivity contribution in [1.29, 1.82) is 0 Å². The quantitative estimate of drug-likeness (QED) is 0.642. The summed E-state index contributed by atoms with van der Waals surface area (Å²) in [6.07, 6.45) is 8.81. The van der Waals surface area contributed by atoms with Crippen LogP contribution < -0.4 is 5.32 Å². The Balaban J connectivity index is 2.05. The van der Waals surface area contributed by atoms with E-state index in [0.29, 0.717) is 6.54 Å². The van der Waals surface area contributed by atoms with Gasteiger partial charge in [-0.3, -0.25) is 0 Å². The van der Waals surface area contributed by atoms with Crippen molar-refractivity contribution >= 4 is 11.8 Å². The maximum atomic E-state index is 11.5. The standard InChI is InChI=1S/C17H32N2O3/c1-5-6-7-8-9-10-14-13-15(22-19-14)11-12-18-16(20)21-17(2,3)4/h15H,5-13H2,1-4H3,(H,18,20). The lowest BCUT2D eigenvalue weighted by molar-refractivity contribution is 0.0496. The number of nitrogens with one attached hydrogen (secondary N) is 1. The number of hydrogen-bond acceptors (Lipinski definition) is 4. The van der Waals surface area contributed by atoms with E-state index in [1.807, 2.05) is 20.8 Å². The van der Waals surface area contributed by atoms with E-state index in [9.17, 15) is 4.79 Å². The highest BCUT2D eigenvalue weighted by Gasteiger charge is 2.21. The lowest BCUT2D eigenvalue weighted by atomic mass is 10.0. The Bertz CT molecular complexity index is 361. The van der Waals surface area contributed by atoms with Crippen molar-refractivity contribution in [3.8, 4) is 0 Å². The van der Waals surface area contributed by atoms with Crippen LogP contribution in [0.2, 0.25) is 0 Å². The first kappa shape index (κ1) is 18.8. The second kappa shape index (κ2) is 9.70. The third-order valence-corrected chi connectivity index (χ3v) is 3.50. The van der Waals surface area contributed by atoms with Crippen LogP contribution in [-0.4, -0.2) is 30.1 Å². The Hall–Kier alpha value is -1.26. The van der Waals surface area contributed by atoms with Gasteiger partial charge in [0, 0.05) is 19.4 Å². The van der Waals surface area contributed by atoms with E-state index in [-0.39, 0.29) is 12.2 Å². The fourth-order valence-electron chi connectivity index (χ4n) is 2.37. The molecule has 1 unspecified atom stereocenters. The second-order valence-electron chi connectivity index (χ2n) is 6.97. The fraction of sp³-hybridized carbons (Fsp3) is 0.882. The van der Waals surface area contributed by atoms with Crippen LogP contribution in [0.25, 0.3) is 0 Å². The smallest absolute Gasteiger partial charge is 0.407 e. The second-order valence-corrected chi connectivity index (χ2v) is 6.97. The summed E-state index contributed by atoms with van der Waals surface area (Å²) in [6.45, 7) is 8.34. The molecule has 1 aliphatic heterocycles. The highest BCUT2D eigenvalue weighted by atomic mass is 16.6. The number of oxime groups is 1. The first-order valence-electron chi connectivity index (χ1n) is 8.59. The van der Waals surface area contributed by atoms with Crippen LogP contribution in [0.3, 0.4) is 0 Å². The lowest BCUT2D eigenvalue weighted by Crippen LogP contribution is -2.34. The molecule has 128 valence electrons. The third kappa shape index (κ3) is 8.90. The van der Waals surface area contributed by atoms with Gasteiger partial charge in [-0.25, -0.2) is 4.79 Å². The number of carbonyl (C=O) groups excluding carboxylic acids is 1. The van der Waals surface area contributed by atoms with Gasteiger partial charge >= 0.3 is 6.09 Å². The maximum absolute atomic E-state index is 11.5. The van der Waals surface area contributed by atoms with E-state index in [4.69, 9.17) is 9.57 Å². The van der Waals surface area contributed by atoms with Gasteiger partial charge < -0.3 is 14.9 Å². The van der Waals surface area contributed by atoms with E-state index in [0.717, 1.165) is 19.3 Å². The van der Waals surface area contributed by atoms with Gasteiger partial charge in [-0.1, -0.05) is 37.8 Å². The molecule has 0 fully saturated rings. The summed E-state index contributed by atoms with van der Waals surface area (Å²) in [5, 5.41) is 6.92. The van der Waals surface area contributed by atoms with Gasteiger partial charge in [-0.05, 0) is 33.6 Å². The predicted molar refractivity (Wildman–Crippen MR) is 89.2 cm³/mol. The minimum atomic E-state index is -0.456. The molecule has 0 aromatic carbocycles. The molecule has 0 saturated heterocycles. The summed E-state index contributed by atoms with van der Waals surface area (Å²) >= 11 is 0. The van der Waals surface area contributed by atoms with E-state index in [2.05, 4.69) is 17.4 Å². The molecule has 0 bridgehead atoms. The summed E-state index contributed by atoms with van der Waals surface area (Å²) in [7, 11) is 0. The van der Waals surface area contributed by atoms with Crippen molar-refractivity contribution in [1.82, 2.24) is 5.32 Å². The van der Waals surface area contributed by atoms with Crippen LogP contribution in [0.1, 0.15) is 79.1 Å². The zero-order valence-corrected chi connectivity index (χ0v) is 14.6. The number of rotatable bonds is 9. The van der Waals surface area contributed by atoms with Gasteiger partial charge in [-0.15, -0.1) is 0 Å². The molecule has 22 heavy (non-hydrogen) atoms. The number of nitrogens with zero attached hydrogens (tertiary/aromatic N) is 1. The van der Waals surface area contributed by atoms with Crippen molar-refractivity contribution in [2.75, 3.05) is 6.54 Å². The molecule has 0 saturated carbocycles. The minimum Gasteiger partial charge on any atom is -0.444 e. The Morgan fingerprint density at radius 3 is 2.73 bits per heavy atom. The van der Waals surface area contributed by atoms with Gasteiger partial charge in [0.25, 0.3) is 0 Å². The molecule has 0 aliphatic carbocycles. The Kier molecular flexibility index (Phi) is 8.28. The number of amides is 1. The molecule has 1 atom stereocenters. The molecule has 5 heteroatoms. The average Bonchev–Trinajstić information content (AvgIpc) is 2.84. The van der Waals surface area contributed by atoms with Gasteiger partial charge in [0.05, 0.1) is 5.71 Å². The summed E-state index contributed by atoms with van der Waals surface area (Å²) in [4.78, 5) is 16.9. The summed E-state index contributed by atoms with van der Waals surface area (Å²) in [6, 6.07) is 0. The number of alkyl carbamates (subject to hydrolysis) is 1. The molecule has 1 aliphatic rings. The number of unbranched alkanes of at least 4 members (excludes halogenated alkanes) is 4. The zero-order chi connectivity index (χ0) is 16.4. The molecule has 1 N–H and O–H groups in total. The summed E-state index contributed by atoms with van der Waals surface area (Å²) in [5.74, 6) is 0. The summed E-state index contributed by atoms with van der Waals surface area (Å²) < 4.78 is 5.19. The molecule has 0 aromatic heterocycles. The molecule has 1 amide bonds. The van der Waals surface area contributed by atoms with Crippen molar-refractivity contribution in [3.63, 3.8) is 0 Å². The highest BCUT2D eigenvalue weighted by Crippen LogP contribution is 2.18. The molecule has 1 heterocycles. The van der Waals surface area contributed by atoms with Crippen molar-refractivity contribution in [3.05, 3.63) is 0 Å². The van der Waals surface area contributed by atoms with Gasteiger partial charge in [0.15, 0.2) is 0 Å². The van der Waals surface area contributed by atoms with E-state index in [1.165, 1.54) is 37.8 Å². The Morgan fingerprint density at radius 2 is 2.05 bits per heavy atom. The first-order valence-corrected chi connectivity index (χ1v) is 8.59. The summed E-state index contributed by atoms with van der Waals surface area (Å²) in [5.41, 5.74) is 0.709. The number of carbonyl (C=O) groups is 1. The SMILES string of the molecule is CCCCCCCC1=NOC(CCNC(=O)OC(C)(C)C)C1. The van der Waals surface area contributed by atoms with E-state index < -0.39 is 5.60 Å². The van der Waals surface area contributed by atoms with Crippen LogP contribution in [-0.2, 0) is 9.57 Å². The molecule has 1 rings (SSSR count). The van der Waals surface area contributed by atoms with Crippen LogP contribution in [0.15, 0.2) is 5.16 Å². The topological polar surface area (TPSA) is 59.9 Å². The minimum absolute atomic E-state index is 0.0978. The Labute approximate surface area is 134 Å². The largest absolute Gasteiger partial charge is 0.444 e. The molecule has 0 radical (unpaired) electrons. The van der Waals surface area contributed by atoms with Gasteiger partial charge in [0.2, 0.25) is 0 Å². The number of ether oxygens (including phenoxy) is 1. The molecular weight excluding hydrogens is 280 g/mol. The molecule has 5 nitrogen and oxygen atoms in total. The zero-order valence-electron chi connectivity index (χ0n) is 14.6. The number of hydrogen-bond donors (Lipinski definition) is 1. The van der Waals surface area contributed by atoms with Crippen LogP contribution in [0.4, 0.5) is 4.79 Å². The van der Waals surface area contributed by atoms with Crippen molar-refractivity contribution in [2.24, 2.45) is 5.16 Å². The van der Waals surface area contributed by atoms with Gasteiger partial charge in [0.1, 0.15) is 11.7 Å². The monoisotopic (exact) mass is 312 g/mol.